The third-order valence-corrected chi connectivity index (χ3v) is 6.18. The molecular weight excluding hydrogens is 384 g/mol. The van der Waals surface area contributed by atoms with E-state index in [1.54, 1.807) is 42.5 Å². The zero-order valence-corrected chi connectivity index (χ0v) is 17.1. The number of ether oxygens (including phenoxy) is 1. The number of hydrogen-bond acceptors (Lipinski definition) is 4. The van der Waals surface area contributed by atoms with Crippen LogP contribution >= 0.6 is 0 Å². The molecule has 0 fully saturated rings. The van der Waals surface area contributed by atoms with Gasteiger partial charge < -0.3 is 4.74 Å². The summed E-state index contributed by atoms with van der Waals surface area (Å²) in [6.45, 7) is 1.89. The first-order valence-corrected chi connectivity index (χ1v) is 10.6. The highest BCUT2D eigenvalue weighted by atomic mass is 32.2. The van der Waals surface area contributed by atoms with Gasteiger partial charge in [0.25, 0.3) is 0 Å². The van der Waals surface area contributed by atoms with E-state index in [1.807, 2.05) is 43.3 Å². The highest BCUT2D eigenvalue weighted by Gasteiger charge is 2.31. The molecule has 0 saturated carbocycles. The average molecular weight is 407 g/mol. The van der Waals surface area contributed by atoms with Crippen molar-refractivity contribution in [1.29, 1.82) is 5.26 Å². The zero-order chi connectivity index (χ0) is 20.9. The largest absolute Gasteiger partial charge is 0.496 e. The van der Waals surface area contributed by atoms with E-state index >= 15 is 0 Å². The van der Waals surface area contributed by atoms with Crippen molar-refractivity contribution in [2.75, 3.05) is 7.11 Å². The lowest BCUT2D eigenvalue weighted by molar-refractivity contribution is 0.404. The number of aryl methyl sites for hydroxylation is 1. The van der Waals surface area contributed by atoms with Gasteiger partial charge in [-0.25, -0.2) is 13.1 Å². The number of nitrogens with one attached hydrogen (secondary N) is 1. The van der Waals surface area contributed by atoms with E-state index in [-0.39, 0.29) is 4.90 Å². The molecule has 0 radical (unpaired) electrons. The van der Waals surface area contributed by atoms with Crippen molar-refractivity contribution in [3.63, 3.8) is 0 Å². The highest BCUT2D eigenvalue weighted by Crippen LogP contribution is 2.36. The lowest BCUT2D eigenvalue weighted by atomic mass is 9.88. The minimum Gasteiger partial charge on any atom is -0.496 e. The summed E-state index contributed by atoms with van der Waals surface area (Å²) in [6.07, 6.45) is 0. The van der Waals surface area contributed by atoms with Crippen LogP contribution < -0.4 is 9.46 Å². The van der Waals surface area contributed by atoms with Crippen LogP contribution in [0.25, 0.3) is 0 Å². The SMILES string of the molecule is COc1ccccc1[C@@H](C#N)[C@@H](NS(=O)(=O)c1ccc(C)cc1)c1ccccc1. The number of nitrogens with zero attached hydrogens (tertiary/aromatic N) is 1. The fourth-order valence-corrected chi connectivity index (χ4v) is 4.43. The summed E-state index contributed by atoms with van der Waals surface area (Å²) < 4.78 is 34.3. The molecule has 29 heavy (non-hydrogen) atoms. The third-order valence-electron chi connectivity index (χ3n) is 4.72. The maximum absolute atomic E-state index is 13.1. The molecule has 5 nitrogen and oxygen atoms in total. The first-order chi connectivity index (χ1) is 14.0. The van der Waals surface area contributed by atoms with Crippen LogP contribution in [0.15, 0.2) is 83.8 Å². The van der Waals surface area contributed by atoms with Crippen molar-refractivity contribution in [2.24, 2.45) is 0 Å². The smallest absolute Gasteiger partial charge is 0.241 e. The van der Waals surface area contributed by atoms with E-state index in [1.165, 1.54) is 7.11 Å². The van der Waals surface area contributed by atoms with E-state index in [4.69, 9.17) is 4.74 Å². The van der Waals surface area contributed by atoms with Crippen molar-refractivity contribution in [2.45, 2.75) is 23.8 Å². The van der Waals surface area contributed by atoms with Gasteiger partial charge in [-0.3, -0.25) is 0 Å². The van der Waals surface area contributed by atoms with Crippen LogP contribution in [0.4, 0.5) is 0 Å². The first kappa shape index (κ1) is 20.6. The Morgan fingerprint density at radius 1 is 0.931 bits per heavy atom. The van der Waals surface area contributed by atoms with Crippen LogP contribution in [0.3, 0.4) is 0 Å². The molecule has 0 spiro atoms. The normalized spacial score (nSPS) is 13.3. The molecule has 0 bridgehead atoms. The molecule has 0 unspecified atom stereocenters. The van der Waals surface area contributed by atoms with Crippen LogP contribution in [0.2, 0.25) is 0 Å². The van der Waals surface area contributed by atoms with Crippen molar-refractivity contribution in [1.82, 2.24) is 4.72 Å². The minimum absolute atomic E-state index is 0.153. The summed E-state index contributed by atoms with van der Waals surface area (Å²) in [6, 6.07) is 24.3. The highest BCUT2D eigenvalue weighted by molar-refractivity contribution is 7.89. The number of nitriles is 1. The van der Waals surface area contributed by atoms with Crippen LogP contribution in [-0.4, -0.2) is 15.5 Å². The number of rotatable bonds is 7. The molecule has 3 rings (SSSR count). The summed E-state index contributed by atoms with van der Waals surface area (Å²) in [4.78, 5) is 0.153. The van der Waals surface area contributed by atoms with Crippen molar-refractivity contribution in [3.8, 4) is 11.8 Å². The zero-order valence-electron chi connectivity index (χ0n) is 16.2. The average Bonchev–Trinajstić information content (AvgIpc) is 2.75. The monoisotopic (exact) mass is 406 g/mol. The first-order valence-electron chi connectivity index (χ1n) is 9.12. The van der Waals surface area contributed by atoms with Crippen molar-refractivity contribution >= 4 is 10.0 Å². The summed E-state index contributed by atoms with van der Waals surface area (Å²) in [5.74, 6) is -0.247. The number of para-hydroxylation sites is 1. The molecule has 1 N–H and O–H groups in total. The second-order valence-corrected chi connectivity index (χ2v) is 8.39. The van der Waals surface area contributed by atoms with Crippen LogP contribution in [0.1, 0.15) is 28.7 Å². The van der Waals surface area contributed by atoms with Gasteiger partial charge in [-0.2, -0.15) is 5.26 Å². The van der Waals surface area contributed by atoms with Gasteiger partial charge in [0.1, 0.15) is 5.75 Å². The Morgan fingerprint density at radius 3 is 2.17 bits per heavy atom. The molecule has 2 atom stereocenters. The molecule has 0 aliphatic carbocycles. The van der Waals surface area contributed by atoms with E-state index in [9.17, 15) is 13.7 Å². The number of hydrogen-bond donors (Lipinski definition) is 1. The fourth-order valence-electron chi connectivity index (χ4n) is 3.19. The number of sulfonamides is 1. The third kappa shape index (κ3) is 4.65. The molecule has 0 heterocycles. The topological polar surface area (TPSA) is 79.2 Å². The summed E-state index contributed by atoms with van der Waals surface area (Å²) in [5.41, 5.74) is 2.28. The van der Waals surface area contributed by atoms with Gasteiger partial charge in [-0.05, 0) is 30.7 Å². The molecule has 0 saturated heterocycles. The van der Waals surface area contributed by atoms with Crippen LogP contribution in [-0.2, 0) is 10.0 Å². The molecular formula is C23H22N2O3S. The van der Waals surface area contributed by atoms with Gasteiger partial charge in [0, 0.05) is 5.56 Å². The molecule has 3 aromatic rings. The Hall–Kier alpha value is -3.14. The van der Waals surface area contributed by atoms with Crippen molar-refractivity contribution < 1.29 is 13.2 Å². The summed E-state index contributed by atoms with van der Waals surface area (Å²) >= 11 is 0. The number of methoxy groups -OCH3 is 1. The molecule has 148 valence electrons. The molecule has 0 amide bonds. The van der Waals surface area contributed by atoms with Crippen molar-refractivity contribution in [3.05, 3.63) is 95.6 Å². The van der Waals surface area contributed by atoms with E-state index in [0.29, 0.717) is 16.9 Å². The molecule has 3 aromatic carbocycles. The van der Waals surface area contributed by atoms with E-state index < -0.39 is 22.0 Å². The molecule has 0 aliphatic rings. The summed E-state index contributed by atoms with van der Waals surface area (Å²) in [5, 5.41) is 9.99. The molecule has 0 aromatic heterocycles. The minimum atomic E-state index is -3.85. The Morgan fingerprint density at radius 2 is 1.55 bits per heavy atom. The Balaban J connectivity index is 2.08. The van der Waals surface area contributed by atoms with Gasteiger partial charge in [-0.1, -0.05) is 66.2 Å². The van der Waals surface area contributed by atoms with Gasteiger partial charge >= 0.3 is 0 Å². The fraction of sp³-hybridized carbons (Fsp3) is 0.174. The van der Waals surface area contributed by atoms with Crippen LogP contribution in [0, 0.1) is 18.3 Å². The summed E-state index contributed by atoms with van der Waals surface area (Å²) in [7, 11) is -2.32. The quantitative estimate of drug-likeness (QED) is 0.633. The lowest BCUT2D eigenvalue weighted by Gasteiger charge is -2.25. The lowest BCUT2D eigenvalue weighted by Crippen LogP contribution is -2.32. The second-order valence-electron chi connectivity index (χ2n) is 6.67. The van der Waals surface area contributed by atoms with Crippen LogP contribution in [0.5, 0.6) is 5.75 Å². The van der Waals surface area contributed by atoms with Gasteiger partial charge in [0.2, 0.25) is 10.0 Å². The standard InChI is InChI=1S/C23H22N2O3S/c1-17-12-14-19(15-13-17)29(26,27)25-23(18-8-4-3-5-9-18)21(16-24)20-10-6-7-11-22(20)28-2/h3-15,21,23,25H,1-2H3/t21-,23+/m1/s1. The predicted molar refractivity (Wildman–Crippen MR) is 112 cm³/mol. The Bertz CT molecular complexity index is 1100. The maximum atomic E-state index is 13.1. The Labute approximate surface area is 171 Å². The van der Waals surface area contributed by atoms with E-state index in [2.05, 4.69) is 10.8 Å². The Kier molecular flexibility index (Phi) is 6.32. The molecule has 6 heteroatoms. The van der Waals surface area contributed by atoms with Gasteiger partial charge in [-0.15, -0.1) is 0 Å². The maximum Gasteiger partial charge on any atom is 0.241 e. The second kappa shape index (κ2) is 8.91. The van der Waals surface area contributed by atoms with Gasteiger partial charge in [0.05, 0.1) is 30.0 Å². The van der Waals surface area contributed by atoms with Gasteiger partial charge in [0.15, 0.2) is 0 Å². The predicted octanol–water partition coefficient (Wildman–Crippen LogP) is 4.33. The number of benzene rings is 3. The van der Waals surface area contributed by atoms with E-state index in [0.717, 1.165) is 5.56 Å². The molecule has 0 aliphatic heterocycles.